The lowest BCUT2D eigenvalue weighted by molar-refractivity contribution is -0.870. The van der Waals surface area contributed by atoms with Gasteiger partial charge in [0.15, 0.2) is 6.10 Å². The number of hydrogen-bond acceptors (Lipinski definition) is 11. The summed E-state index contributed by atoms with van der Waals surface area (Å²) >= 11 is 1.85. The molecule has 12 nitrogen and oxygen atoms in total. The minimum Gasteiger partial charge on any atom is -0.756 e. The predicted octanol–water partition coefficient (Wildman–Crippen LogP) is 8.78. The maximum Gasteiger partial charge on any atom is 0.442 e. The van der Waals surface area contributed by atoms with Crippen LogP contribution in [0.15, 0.2) is 28.4 Å². The Hall–Kier alpha value is -1.85. The van der Waals surface area contributed by atoms with Gasteiger partial charge in [0.1, 0.15) is 25.5 Å². The van der Waals surface area contributed by atoms with Crippen molar-refractivity contribution in [1.29, 1.82) is 0 Å². The van der Waals surface area contributed by atoms with E-state index < -0.39 is 50.9 Å². The predicted molar refractivity (Wildman–Crippen MR) is 200 cm³/mol. The number of hydrogen-bond donors (Lipinski definition) is 0. The number of esters is 2. The second kappa shape index (κ2) is 23.9. The summed E-state index contributed by atoms with van der Waals surface area (Å²) < 4.78 is 79.5. The Morgan fingerprint density at radius 1 is 0.849 bits per heavy atom. The van der Waals surface area contributed by atoms with Gasteiger partial charge in [0.05, 0.1) is 37.9 Å². The number of rotatable bonds is 30. The van der Waals surface area contributed by atoms with Crippen molar-refractivity contribution < 1.29 is 60.0 Å². The average Bonchev–Trinajstić information content (AvgIpc) is 3.89. The van der Waals surface area contributed by atoms with Crippen molar-refractivity contribution in [3.8, 4) is 5.75 Å². The number of unbranched alkanes of at least 4 members (excludes halogenated alkanes) is 12. The molecule has 1 aliphatic rings. The smallest absolute Gasteiger partial charge is 0.442 e. The molecule has 0 aromatic heterocycles. The van der Waals surface area contributed by atoms with Crippen molar-refractivity contribution in [2.24, 2.45) is 10.2 Å². The van der Waals surface area contributed by atoms with Crippen LogP contribution < -0.4 is 9.63 Å². The zero-order valence-corrected chi connectivity index (χ0v) is 34.7. The topological polar surface area (TPSA) is 145 Å². The molecule has 2 atom stereocenters. The summed E-state index contributed by atoms with van der Waals surface area (Å²) in [4.78, 5) is 37.4. The highest BCUT2D eigenvalue weighted by atomic mass is 127. The van der Waals surface area contributed by atoms with Crippen molar-refractivity contribution >= 4 is 42.4 Å². The Bertz CT molecular complexity index is 1330. The van der Waals surface area contributed by atoms with Crippen LogP contribution in [0.4, 0.5) is 13.2 Å². The molecular weight excluding hydrogens is 833 g/mol. The van der Waals surface area contributed by atoms with Crippen molar-refractivity contribution in [2.75, 3.05) is 54.1 Å². The fraction of sp³-hybridized carbons (Fsp3) is 0.778. The fourth-order valence-corrected chi connectivity index (χ4v) is 6.62. The number of benzene rings is 1. The highest BCUT2D eigenvalue weighted by molar-refractivity contribution is 14.1. The Morgan fingerprint density at radius 3 is 1.94 bits per heavy atom. The van der Waals surface area contributed by atoms with Crippen molar-refractivity contribution in [2.45, 2.75) is 128 Å². The van der Waals surface area contributed by atoms with Gasteiger partial charge in [-0.2, -0.15) is 13.2 Å². The Morgan fingerprint density at radius 2 is 1.42 bits per heavy atom. The van der Waals surface area contributed by atoms with Crippen LogP contribution in [0.1, 0.15) is 115 Å². The molecule has 0 bridgehead atoms. The second-order valence-electron chi connectivity index (χ2n) is 14.3. The molecule has 0 N–H and O–H groups in total. The van der Waals surface area contributed by atoms with Gasteiger partial charge in [0.2, 0.25) is 0 Å². The molecule has 0 radical (unpaired) electrons. The molecule has 2 rings (SSSR count). The number of phosphoric acid groups is 1. The van der Waals surface area contributed by atoms with Crippen LogP contribution in [0.25, 0.3) is 0 Å². The van der Waals surface area contributed by atoms with E-state index in [0.29, 0.717) is 26.8 Å². The first kappa shape index (κ1) is 47.3. The molecule has 1 aromatic rings. The quantitative estimate of drug-likeness (QED) is 0.0243. The number of likely N-dealkylation sites (N-methyl/N-ethyl adjacent to an activating group) is 1. The maximum atomic E-state index is 13.3. The molecule has 1 aliphatic heterocycles. The molecule has 0 saturated heterocycles. The first-order valence-corrected chi connectivity index (χ1v) is 21.2. The molecule has 1 heterocycles. The first-order valence-electron chi connectivity index (χ1n) is 18.7. The molecule has 17 heteroatoms. The Labute approximate surface area is 326 Å². The molecule has 0 amide bonds. The van der Waals surface area contributed by atoms with Crippen LogP contribution in [-0.4, -0.2) is 82.8 Å². The lowest BCUT2D eigenvalue weighted by Crippen LogP contribution is -2.37. The number of quaternary nitrogens is 1. The number of phosphoric ester groups is 1. The minimum absolute atomic E-state index is 0.0365. The lowest BCUT2D eigenvalue weighted by Gasteiger charge is -2.28. The minimum atomic E-state index is -4.74. The van der Waals surface area contributed by atoms with E-state index in [9.17, 15) is 32.2 Å². The van der Waals surface area contributed by atoms with Gasteiger partial charge in [0, 0.05) is 18.4 Å². The first-order chi connectivity index (χ1) is 25.0. The molecule has 1 unspecified atom stereocenters. The summed E-state index contributed by atoms with van der Waals surface area (Å²) in [7, 11) is 0.881. The zero-order valence-electron chi connectivity index (χ0n) is 31.6. The summed E-state index contributed by atoms with van der Waals surface area (Å²) in [6, 6.07) is 3.92. The molecular formula is C36H58F3IN3O9P. The van der Waals surface area contributed by atoms with E-state index in [1.165, 1.54) is 76.0 Å². The van der Waals surface area contributed by atoms with Gasteiger partial charge in [-0.05, 0) is 47.6 Å². The monoisotopic (exact) mass is 891 g/mol. The van der Waals surface area contributed by atoms with Crippen molar-refractivity contribution in [1.82, 2.24) is 0 Å². The van der Waals surface area contributed by atoms with Crippen LogP contribution in [0.3, 0.4) is 0 Å². The maximum absolute atomic E-state index is 13.3. The molecule has 0 fully saturated rings. The number of carbonyl (C=O) groups excluding carboxylic acids is 2. The van der Waals surface area contributed by atoms with Gasteiger partial charge in [-0.3, -0.25) is 14.2 Å². The van der Waals surface area contributed by atoms with E-state index in [1.807, 2.05) is 43.7 Å². The zero-order chi connectivity index (χ0) is 39.4. The second-order valence-corrected chi connectivity index (χ2v) is 16.9. The number of carbonyl (C=O) groups is 2. The largest absolute Gasteiger partial charge is 0.756 e. The van der Waals surface area contributed by atoms with Crippen LogP contribution >= 0.6 is 30.4 Å². The van der Waals surface area contributed by atoms with E-state index in [0.717, 1.165) is 19.3 Å². The molecule has 0 saturated carbocycles. The highest BCUT2D eigenvalue weighted by Crippen LogP contribution is 2.52. The van der Waals surface area contributed by atoms with Gasteiger partial charge in [0.25, 0.3) is 7.82 Å². The van der Waals surface area contributed by atoms with Gasteiger partial charge in [-0.25, -0.2) is 0 Å². The van der Waals surface area contributed by atoms with Crippen LogP contribution in [0.5, 0.6) is 5.75 Å². The summed E-state index contributed by atoms with van der Waals surface area (Å²) in [6.07, 6.45) is 9.62. The third-order valence-corrected chi connectivity index (χ3v) is 10.3. The molecule has 304 valence electrons. The molecule has 1 aromatic carbocycles. The Balaban J connectivity index is 1.76. The van der Waals surface area contributed by atoms with Gasteiger partial charge >= 0.3 is 23.8 Å². The number of alkyl halides is 3. The van der Waals surface area contributed by atoms with E-state index in [2.05, 4.69) is 17.2 Å². The average molecular weight is 892 g/mol. The summed E-state index contributed by atoms with van der Waals surface area (Å²) in [5.74, 6) is -0.882. The Kier molecular flexibility index (Phi) is 21.4. The van der Waals surface area contributed by atoms with Crippen LogP contribution in [-0.2, 0) is 38.3 Å². The lowest BCUT2D eigenvalue weighted by atomic mass is 10.0. The fourth-order valence-electron chi connectivity index (χ4n) is 5.22. The van der Waals surface area contributed by atoms with E-state index in [-0.39, 0.29) is 38.0 Å². The molecule has 0 spiro atoms. The van der Waals surface area contributed by atoms with E-state index in [1.54, 1.807) is 0 Å². The summed E-state index contributed by atoms with van der Waals surface area (Å²) in [5.41, 5.74) is -2.65. The third kappa shape index (κ3) is 20.1. The third-order valence-electron chi connectivity index (χ3n) is 8.46. The van der Waals surface area contributed by atoms with Crippen molar-refractivity contribution in [3.63, 3.8) is 0 Å². The van der Waals surface area contributed by atoms with Gasteiger partial charge < -0.3 is 32.6 Å². The van der Waals surface area contributed by atoms with Gasteiger partial charge in [-0.1, -0.05) is 90.0 Å². The highest BCUT2D eigenvalue weighted by Gasteiger charge is 2.65. The van der Waals surface area contributed by atoms with E-state index >= 15 is 0 Å². The SMILES string of the molecule is CCCCCCCCCCCCCCCC(=O)OC[C@H](COP(=O)([O-])OCC[N+](C)(C)C)OC(=O)CCCOc1ccc(C2(C(F)(F)F)N=N2)cc1I. The van der Waals surface area contributed by atoms with Crippen LogP contribution in [0.2, 0.25) is 0 Å². The van der Waals surface area contributed by atoms with Crippen molar-refractivity contribution in [3.05, 3.63) is 27.3 Å². The standard InChI is InChI=1S/C36H58F3IN3O9P/c1-5-6-7-8-9-10-11-12-13-14-15-16-17-19-33(44)49-27-30(28-51-53(46,47)50-25-23-43(2,3)4)52-34(45)20-18-24-48-32-22-21-29(26-31(32)40)35(41-42-35)36(37,38)39/h21-22,26,30H,5-20,23-25,27-28H2,1-4H3/t30-/m1/s1. The number of nitrogens with zero attached hydrogens (tertiary/aromatic N) is 3. The van der Waals surface area contributed by atoms with Crippen LogP contribution in [0, 0.1) is 3.57 Å². The number of ether oxygens (including phenoxy) is 3. The van der Waals surface area contributed by atoms with E-state index in [4.69, 9.17) is 23.3 Å². The van der Waals surface area contributed by atoms with Gasteiger partial charge in [-0.15, -0.1) is 10.2 Å². The summed E-state index contributed by atoms with van der Waals surface area (Å²) in [5, 5.41) is 6.40. The molecule has 53 heavy (non-hydrogen) atoms. The molecule has 0 aliphatic carbocycles. The normalized spacial score (nSPS) is 15.5. The number of halogens is 4. The summed E-state index contributed by atoms with van der Waals surface area (Å²) in [6.45, 7) is 1.54.